The van der Waals surface area contributed by atoms with E-state index in [1.165, 1.54) is 23.5 Å². The Hall–Kier alpha value is -1.99. The molecule has 0 fully saturated rings. The molecular formula is C16H16O5S2. The number of benzene rings is 1. The Kier molecular flexibility index (Phi) is 5.68. The number of hydrogen-bond donors (Lipinski definition) is 0. The predicted molar refractivity (Wildman–Crippen MR) is 87.5 cm³/mol. The van der Waals surface area contributed by atoms with E-state index in [2.05, 4.69) is 0 Å². The van der Waals surface area contributed by atoms with Crippen molar-refractivity contribution in [1.29, 1.82) is 0 Å². The van der Waals surface area contributed by atoms with Crippen molar-refractivity contribution < 1.29 is 22.7 Å². The molecule has 0 spiro atoms. The van der Waals surface area contributed by atoms with Crippen LogP contribution in [-0.2, 0) is 19.4 Å². The van der Waals surface area contributed by atoms with Gasteiger partial charge in [-0.1, -0.05) is 23.8 Å². The van der Waals surface area contributed by atoms with Gasteiger partial charge in [0.15, 0.2) is 16.4 Å². The fraction of sp³-hybridized carbons (Fsp3) is 0.250. The first-order chi connectivity index (χ1) is 10.9. The van der Waals surface area contributed by atoms with Crippen molar-refractivity contribution in [3.05, 3.63) is 52.2 Å². The molecule has 0 aliphatic rings. The molecule has 0 aliphatic heterocycles. The Morgan fingerprint density at radius 1 is 1.13 bits per heavy atom. The summed E-state index contributed by atoms with van der Waals surface area (Å²) in [6.07, 6.45) is -0.284. The van der Waals surface area contributed by atoms with Crippen LogP contribution in [0.15, 0.2) is 46.7 Å². The Bertz CT molecular complexity index is 774. The van der Waals surface area contributed by atoms with Crippen LogP contribution >= 0.6 is 11.3 Å². The van der Waals surface area contributed by atoms with Crippen LogP contribution in [0.3, 0.4) is 0 Å². The third-order valence-electron chi connectivity index (χ3n) is 3.12. The van der Waals surface area contributed by atoms with Gasteiger partial charge in [-0.3, -0.25) is 9.59 Å². The van der Waals surface area contributed by atoms with E-state index in [1.807, 2.05) is 6.92 Å². The van der Waals surface area contributed by atoms with Crippen molar-refractivity contribution in [3.63, 3.8) is 0 Å². The topological polar surface area (TPSA) is 77.5 Å². The number of ketones is 1. The Morgan fingerprint density at radius 2 is 1.83 bits per heavy atom. The minimum absolute atomic E-state index is 0.172. The second kappa shape index (κ2) is 7.52. The molecule has 122 valence electrons. The number of aryl methyl sites for hydroxylation is 1. The first-order valence-corrected chi connectivity index (χ1v) is 9.43. The molecule has 23 heavy (non-hydrogen) atoms. The smallest absolute Gasteiger partial charge is 0.307 e. The number of hydrogen-bond acceptors (Lipinski definition) is 6. The highest BCUT2D eigenvalue weighted by molar-refractivity contribution is 7.91. The monoisotopic (exact) mass is 352 g/mol. The van der Waals surface area contributed by atoms with E-state index in [0.29, 0.717) is 4.88 Å². The van der Waals surface area contributed by atoms with E-state index < -0.39 is 15.8 Å². The van der Waals surface area contributed by atoms with E-state index in [4.69, 9.17) is 4.74 Å². The maximum atomic E-state index is 12.1. The summed E-state index contributed by atoms with van der Waals surface area (Å²) in [4.78, 5) is 24.0. The van der Waals surface area contributed by atoms with Crippen LogP contribution in [0.4, 0.5) is 0 Å². The molecule has 0 saturated carbocycles. The minimum Gasteiger partial charge on any atom is -0.457 e. The third kappa shape index (κ3) is 5.01. The summed E-state index contributed by atoms with van der Waals surface area (Å²) in [6.45, 7) is 1.49. The van der Waals surface area contributed by atoms with E-state index in [0.717, 1.165) is 5.56 Å². The second-order valence-corrected chi connectivity index (χ2v) is 8.00. The summed E-state index contributed by atoms with van der Waals surface area (Å²) >= 11 is 1.26. The maximum Gasteiger partial charge on any atom is 0.307 e. The number of sulfone groups is 1. The summed E-state index contributed by atoms with van der Waals surface area (Å²) in [5, 5.41) is 1.75. The van der Waals surface area contributed by atoms with Crippen molar-refractivity contribution in [2.75, 3.05) is 12.4 Å². The molecule has 1 aromatic heterocycles. The summed E-state index contributed by atoms with van der Waals surface area (Å²) in [5.41, 5.74) is 0.954. The predicted octanol–water partition coefficient (Wildman–Crippen LogP) is 2.65. The standard InChI is InChI=1S/C16H16O5S2/c1-12-4-6-13(7-5-12)23(19,20)10-8-16(18)21-11-14(17)15-3-2-9-22-15/h2-7,9H,8,10-11H2,1H3. The van der Waals surface area contributed by atoms with Gasteiger partial charge in [-0.25, -0.2) is 8.42 Å². The zero-order chi connectivity index (χ0) is 16.9. The molecule has 0 unspecified atom stereocenters. The molecule has 0 amide bonds. The van der Waals surface area contributed by atoms with Crippen LogP contribution in [0.5, 0.6) is 0 Å². The van der Waals surface area contributed by atoms with Crippen LogP contribution in [0, 0.1) is 6.92 Å². The summed E-state index contributed by atoms with van der Waals surface area (Å²) in [5.74, 6) is -1.34. The first-order valence-electron chi connectivity index (χ1n) is 6.90. The van der Waals surface area contributed by atoms with Gasteiger partial charge in [0.25, 0.3) is 0 Å². The lowest BCUT2D eigenvalue weighted by Gasteiger charge is -2.05. The fourth-order valence-corrected chi connectivity index (χ4v) is 3.68. The molecule has 1 aromatic carbocycles. The van der Waals surface area contributed by atoms with Gasteiger partial charge < -0.3 is 4.74 Å². The van der Waals surface area contributed by atoms with Crippen molar-refractivity contribution in [3.8, 4) is 0 Å². The molecule has 0 aliphatic carbocycles. The number of ether oxygens (including phenoxy) is 1. The molecule has 0 saturated heterocycles. The fourth-order valence-electron chi connectivity index (χ4n) is 1.81. The highest BCUT2D eigenvalue weighted by atomic mass is 32.2. The van der Waals surface area contributed by atoms with Gasteiger partial charge >= 0.3 is 5.97 Å². The number of Topliss-reactive ketones (excluding diaryl/α,β-unsaturated/α-hetero) is 1. The van der Waals surface area contributed by atoms with Crippen molar-refractivity contribution in [2.45, 2.75) is 18.2 Å². The van der Waals surface area contributed by atoms with Gasteiger partial charge in [-0.2, -0.15) is 0 Å². The largest absolute Gasteiger partial charge is 0.457 e. The lowest BCUT2D eigenvalue weighted by Crippen LogP contribution is -2.17. The Morgan fingerprint density at radius 3 is 2.43 bits per heavy atom. The minimum atomic E-state index is -3.54. The summed E-state index contributed by atoms with van der Waals surface area (Å²) in [7, 11) is -3.54. The lowest BCUT2D eigenvalue weighted by molar-refractivity contribution is -0.142. The molecule has 0 bridgehead atoms. The zero-order valence-electron chi connectivity index (χ0n) is 12.5. The van der Waals surface area contributed by atoms with Crippen molar-refractivity contribution in [1.82, 2.24) is 0 Å². The van der Waals surface area contributed by atoms with Gasteiger partial charge in [0.2, 0.25) is 5.78 Å². The Balaban J connectivity index is 1.84. The van der Waals surface area contributed by atoms with E-state index in [1.54, 1.807) is 29.6 Å². The van der Waals surface area contributed by atoms with Crippen LogP contribution in [0.25, 0.3) is 0 Å². The molecule has 2 rings (SSSR count). The molecule has 0 atom stereocenters. The molecule has 7 heteroatoms. The number of carbonyl (C=O) groups is 2. The average molecular weight is 352 g/mol. The van der Waals surface area contributed by atoms with Gasteiger partial charge in [-0.15, -0.1) is 11.3 Å². The molecule has 0 N–H and O–H groups in total. The van der Waals surface area contributed by atoms with Gasteiger partial charge in [0, 0.05) is 0 Å². The van der Waals surface area contributed by atoms with Crippen LogP contribution in [-0.4, -0.2) is 32.5 Å². The summed E-state index contributed by atoms with van der Waals surface area (Å²) in [6, 6.07) is 9.79. The zero-order valence-corrected chi connectivity index (χ0v) is 14.2. The quantitative estimate of drug-likeness (QED) is 0.565. The normalized spacial score (nSPS) is 11.2. The third-order valence-corrected chi connectivity index (χ3v) is 5.76. The van der Waals surface area contributed by atoms with Crippen LogP contribution in [0.1, 0.15) is 21.7 Å². The number of thiophene rings is 1. The lowest BCUT2D eigenvalue weighted by atomic mass is 10.2. The number of rotatable bonds is 7. The molecule has 5 nitrogen and oxygen atoms in total. The molecule has 2 aromatic rings. The van der Waals surface area contributed by atoms with Gasteiger partial charge in [0.05, 0.1) is 21.9 Å². The van der Waals surface area contributed by atoms with Gasteiger partial charge in [0.1, 0.15) is 0 Å². The van der Waals surface area contributed by atoms with Crippen LogP contribution < -0.4 is 0 Å². The summed E-state index contributed by atoms with van der Waals surface area (Å²) < 4.78 is 29.0. The first kappa shape index (κ1) is 17.4. The molecular weight excluding hydrogens is 336 g/mol. The number of carbonyl (C=O) groups excluding carboxylic acids is 2. The van der Waals surface area contributed by atoms with Crippen molar-refractivity contribution >= 4 is 32.9 Å². The Labute approximate surface area is 138 Å². The highest BCUT2D eigenvalue weighted by Crippen LogP contribution is 2.13. The second-order valence-electron chi connectivity index (χ2n) is 4.94. The molecule has 0 radical (unpaired) electrons. The van der Waals surface area contributed by atoms with Crippen molar-refractivity contribution in [2.24, 2.45) is 0 Å². The highest BCUT2D eigenvalue weighted by Gasteiger charge is 2.18. The van der Waals surface area contributed by atoms with Gasteiger partial charge in [-0.05, 0) is 30.5 Å². The maximum absolute atomic E-state index is 12.1. The number of esters is 1. The van der Waals surface area contributed by atoms with E-state index in [9.17, 15) is 18.0 Å². The SMILES string of the molecule is Cc1ccc(S(=O)(=O)CCC(=O)OCC(=O)c2cccs2)cc1. The van der Waals surface area contributed by atoms with E-state index in [-0.39, 0.29) is 29.5 Å². The average Bonchev–Trinajstić information content (AvgIpc) is 3.05. The van der Waals surface area contributed by atoms with Crippen LogP contribution in [0.2, 0.25) is 0 Å². The van der Waals surface area contributed by atoms with E-state index >= 15 is 0 Å². The molecule has 1 heterocycles.